The number of nitrogens with one attached hydrogen (secondary N) is 1. The molecule has 0 radical (unpaired) electrons. The van der Waals surface area contributed by atoms with Crippen molar-refractivity contribution in [2.24, 2.45) is 11.8 Å². The summed E-state index contributed by atoms with van der Waals surface area (Å²) in [6.07, 6.45) is 8.50. The van der Waals surface area contributed by atoms with Crippen molar-refractivity contribution in [3.8, 4) is 0 Å². The van der Waals surface area contributed by atoms with Gasteiger partial charge in [-0.25, -0.2) is 0 Å². The molecular formula is C17H32N2O. The van der Waals surface area contributed by atoms with Gasteiger partial charge in [0.25, 0.3) is 0 Å². The molecule has 2 aliphatic heterocycles. The van der Waals surface area contributed by atoms with Gasteiger partial charge in [0.05, 0.1) is 6.61 Å². The number of piperazine rings is 1. The maximum atomic E-state index is 5.61. The minimum atomic E-state index is 0.672. The van der Waals surface area contributed by atoms with Gasteiger partial charge in [-0.15, -0.1) is 0 Å². The summed E-state index contributed by atoms with van der Waals surface area (Å²) in [5.74, 6) is 1.67. The average molecular weight is 280 g/mol. The van der Waals surface area contributed by atoms with Crippen molar-refractivity contribution in [2.45, 2.75) is 70.5 Å². The van der Waals surface area contributed by atoms with Crippen LogP contribution in [0.3, 0.4) is 0 Å². The molecule has 3 rings (SSSR count). The fourth-order valence-electron chi connectivity index (χ4n) is 4.53. The zero-order valence-electron chi connectivity index (χ0n) is 13.3. The van der Waals surface area contributed by atoms with Crippen LogP contribution in [0, 0.1) is 11.8 Å². The van der Waals surface area contributed by atoms with Gasteiger partial charge in [0.2, 0.25) is 0 Å². The van der Waals surface area contributed by atoms with Crippen LogP contribution in [-0.4, -0.2) is 49.3 Å². The smallest absolute Gasteiger partial charge is 0.0509 e. The molecule has 1 saturated carbocycles. The van der Waals surface area contributed by atoms with E-state index in [0.717, 1.165) is 31.1 Å². The predicted octanol–water partition coefficient (Wildman–Crippen LogP) is 2.65. The van der Waals surface area contributed by atoms with Gasteiger partial charge in [-0.1, -0.05) is 19.3 Å². The Labute approximate surface area is 124 Å². The Morgan fingerprint density at radius 3 is 2.65 bits per heavy atom. The first-order chi connectivity index (χ1) is 9.75. The largest absolute Gasteiger partial charge is 0.381 e. The number of nitrogens with zero attached hydrogens (tertiary/aromatic N) is 1. The molecule has 20 heavy (non-hydrogen) atoms. The highest BCUT2D eigenvalue weighted by molar-refractivity contribution is 4.92. The number of hydrogen-bond donors (Lipinski definition) is 1. The zero-order valence-corrected chi connectivity index (χ0v) is 13.3. The van der Waals surface area contributed by atoms with Crippen LogP contribution in [0.15, 0.2) is 0 Å². The SMILES string of the molecule is CC1CNC(C2CCCCC2)CN1C(C)C1CCOC1. The summed E-state index contributed by atoms with van der Waals surface area (Å²) >= 11 is 0. The molecule has 0 aromatic carbocycles. The Morgan fingerprint density at radius 2 is 1.95 bits per heavy atom. The molecular weight excluding hydrogens is 248 g/mol. The lowest BCUT2D eigenvalue weighted by Gasteiger charge is -2.46. The van der Waals surface area contributed by atoms with Gasteiger partial charge in [-0.3, -0.25) is 4.90 Å². The second kappa shape index (κ2) is 6.76. The van der Waals surface area contributed by atoms with Crippen LogP contribution in [0.1, 0.15) is 52.4 Å². The molecule has 0 aromatic heterocycles. The van der Waals surface area contributed by atoms with Crippen molar-refractivity contribution in [3.05, 3.63) is 0 Å². The summed E-state index contributed by atoms with van der Waals surface area (Å²) in [6.45, 7) is 9.19. The molecule has 116 valence electrons. The Kier molecular flexibility index (Phi) is 5.00. The minimum absolute atomic E-state index is 0.672. The fraction of sp³-hybridized carbons (Fsp3) is 1.00. The zero-order chi connectivity index (χ0) is 13.9. The molecule has 0 aromatic rings. The molecule has 3 fully saturated rings. The molecule has 1 N–H and O–H groups in total. The predicted molar refractivity (Wildman–Crippen MR) is 82.9 cm³/mol. The number of rotatable bonds is 3. The van der Waals surface area contributed by atoms with E-state index in [1.807, 2.05) is 0 Å². The molecule has 4 unspecified atom stereocenters. The fourth-order valence-corrected chi connectivity index (χ4v) is 4.53. The summed E-state index contributed by atoms with van der Waals surface area (Å²) in [4.78, 5) is 2.77. The lowest BCUT2D eigenvalue weighted by Crippen LogP contribution is -2.61. The topological polar surface area (TPSA) is 24.5 Å². The monoisotopic (exact) mass is 280 g/mol. The van der Waals surface area contributed by atoms with E-state index in [0.29, 0.717) is 12.1 Å². The van der Waals surface area contributed by atoms with Gasteiger partial charge in [-0.2, -0.15) is 0 Å². The van der Waals surface area contributed by atoms with Gasteiger partial charge in [0.15, 0.2) is 0 Å². The first-order valence-electron chi connectivity index (χ1n) is 8.82. The van der Waals surface area contributed by atoms with Gasteiger partial charge >= 0.3 is 0 Å². The highest BCUT2D eigenvalue weighted by atomic mass is 16.5. The summed E-state index contributed by atoms with van der Waals surface area (Å²) < 4.78 is 5.61. The first-order valence-corrected chi connectivity index (χ1v) is 8.82. The highest BCUT2D eigenvalue weighted by Gasteiger charge is 2.36. The van der Waals surface area contributed by atoms with E-state index >= 15 is 0 Å². The first kappa shape index (κ1) is 14.8. The molecule has 1 aliphatic carbocycles. The van der Waals surface area contributed by atoms with Crippen LogP contribution in [-0.2, 0) is 4.74 Å². The summed E-state index contributed by atoms with van der Waals surface area (Å²) in [5, 5.41) is 3.84. The maximum absolute atomic E-state index is 5.61. The van der Waals surface area contributed by atoms with Crippen LogP contribution >= 0.6 is 0 Å². The Balaban J connectivity index is 1.60. The van der Waals surface area contributed by atoms with Gasteiger partial charge < -0.3 is 10.1 Å². The third-order valence-corrected chi connectivity index (χ3v) is 6.04. The quantitative estimate of drug-likeness (QED) is 0.860. The van der Waals surface area contributed by atoms with Crippen molar-refractivity contribution >= 4 is 0 Å². The molecule has 2 saturated heterocycles. The average Bonchev–Trinajstić information content (AvgIpc) is 3.02. The van der Waals surface area contributed by atoms with Crippen molar-refractivity contribution in [1.29, 1.82) is 0 Å². The number of hydrogen-bond acceptors (Lipinski definition) is 3. The van der Waals surface area contributed by atoms with E-state index in [2.05, 4.69) is 24.1 Å². The third kappa shape index (κ3) is 3.20. The Morgan fingerprint density at radius 1 is 1.15 bits per heavy atom. The van der Waals surface area contributed by atoms with Gasteiger partial charge in [0, 0.05) is 37.8 Å². The van der Waals surface area contributed by atoms with Crippen LogP contribution < -0.4 is 5.32 Å². The van der Waals surface area contributed by atoms with Gasteiger partial charge in [0.1, 0.15) is 0 Å². The standard InChI is InChI=1S/C17H32N2O/c1-13-10-18-17(15-6-4-3-5-7-15)11-19(13)14(2)16-8-9-20-12-16/h13-18H,3-12H2,1-2H3. The maximum Gasteiger partial charge on any atom is 0.0509 e. The Bertz CT molecular complexity index is 297. The van der Waals surface area contributed by atoms with Crippen molar-refractivity contribution < 1.29 is 4.74 Å². The summed E-state index contributed by atoms with van der Waals surface area (Å²) in [6, 6.07) is 2.09. The highest BCUT2D eigenvalue weighted by Crippen LogP contribution is 2.30. The number of ether oxygens (including phenoxy) is 1. The van der Waals surface area contributed by atoms with E-state index in [9.17, 15) is 0 Å². The lowest BCUT2D eigenvalue weighted by atomic mass is 9.82. The van der Waals surface area contributed by atoms with Crippen LogP contribution in [0.4, 0.5) is 0 Å². The van der Waals surface area contributed by atoms with Crippen LogP contribution in [0.25, 0.3) is 0 Å². The van der Waals surface area contributed by atoms with Crippen LogP contribution in [0.5, 0.6) is 0 Å². The molecule has 0 spiro atoms. The van der Waals surface area contributed by atoms with E-state index in [-0.39, 0.29) is 0 Å². The molecule has 0 bridgehead atoms. The molecule has 3 nitrogen and oxygen atoms in total. The third-order valence-electron chi connectivity index (χ3n) is 6.04. The summed E-state index contributed by atoms with van der Waals surface area (Å²) in [7, 11) is 0. The van der Waals surface area contributed by atoms with Crippen molar-refractivity contribution in [1.82, 2.24) is 10.2 Å². The Hall–Kier alpha value is -0.120. The minimum Gasteiger partial charge on any atom is -0.381 e. The van der Waals surface area contributed by atoms with Crippen molar-refractivity contribution in [2.75, 3.05) is 26.3 Å². The molecule has 0 amide bonds. The normalized spacial score (nSPS) is 39.0. The van der Waals surface area contributed by atoms with Crippen molar-refractivity contribution in [3.63, 3.8) is 0 Å². The molecule has 3 heteroatoms. The van der Waals surface area contributed by atoms with E-state index in [4.69, 9.17) is 4.74 Å². The summed E-state index contributed by atoms with van der Waals surface area (Å²) in [5.41, 5.74) is 0. The van der Waals surface area contributed by atoms with Gasteiger partial charge in [-0.05, 0) is 44.9 Å². The van der Waals surface area contributed by atoms with E-state index in [1.54, 1.807) is 0 Å². The second-order valence-electron chi connectivity index (χ2n) is 7.32. The molecule has 4 atom stereocenters. The molecule has 3 aliphatic rings. The van der Waals surface area contributed by atoms with E-state index < -0.39 is 0 Å². The molecule has 2 heterocycles. The lowest BCUT2D eigenvalue weighted by molar-refractivity contribution is 0.0441. The van der Waals surface area contributed by atoms with E-state index in [1.165, 1.54) is 51.6 Å². The second-order valence-corrected chi connectivity index (χ2v) is 7.32. The van der Waals surface area contributed by atoms with Crippen LogP contribution in [0.2, 0.25) is 0 Å².